The quantitative estimate of drug-likeness (QED) is 0.622. The van der Waals surface area contributed by atoms with Gasteiger partial charge in [-0.1, -0.05) is 12.1 Å². The van der Waals surface area contributed by atoms with Crippen LogP contribution in [0.3, 0.4) is 0 Å². The summed E-state index contributed by atoms with van der Waals surface area (Å²) in [6, 6.07) is 6.46. The summed E-state index contributed by atoms with van der Waals surface area (Å²) in [6.45, 7) is 2.25. The highest BCUT2D eigenvalue weighted by Crippen LogP contribution is 2.20. The van der Waals surface area contributed by atoms with Crippen LogP contribution in [-0.4, -0.2) is 42.7 Å². The molecule has 0 aliphatic carbocycles. The molecule has 0 aliphatic heterocycles. The topological polar surface area (TPSA) is 104 Å². The molecule has 0 fully saturated rings. The SMILES string of the molecule is CCNc1ccccc1S(=O)(=O)NCCS(=O)(=O)NC. The van der Waals surface area contributed by atoms with Crippen LogP contribution < -0.4 is 14.8 Å². The zero-order valence-corrected chi connectivity index (χ0v) is 13.0. The van der Waals surface area contributed by atoms with Gasteiger partial charge in [-0.2, -0.15) is 0 Å². The molecule has 3 N–H and O–H groups in total. The number of para-hydroxylation sites is 1. The van der Waals surface area contributed by atoms with E-state index in [1.54, 1.807) is 18.2 Å². The molecule has 0 radical (unpaired) electrons. The molecule has 0 unspecified atom stereocenters. The number of rotatable bonds is 8. The van der Waals surface area contributed by atoms with E-state index in [9.17, 15) is 16.8 Å². The minimum atomic E-state index is -3.75. The molecule has 0 heterocycles. The Balaban J connectivity index is 2.84. The summed E-state index contributed by atoms with van der Waals surface area (Å²) in [7, 11) is -5.90. The number of hydrogen-bond donors (Lipinski definition) is 3. The van der Waals surface area contributed by atoms with Crippen molar-refractivity contribution in [3.63, 3.8) is 0 Å². The van der Waals surface area contributed by atoms with Crippen LogP contribution in [0.5, 0.6) is 0 Å². The number of hydrogen-bond acceptors (Lipinski definition) is 5. The van der Waals surface area contributed by atoms with E-state index in [1.807, 2.05) is 6.92 Å². The molecule has 9 heteroatoms. The lowest BCUT2D eigenvalue weighted by Crippen LogP contribution is -2.33. The molecule has 0 aliphatic rings. The Morgan fingerprint density at radius 2 is 1.75 bits per heavy atom. The fraction of sp³-hybridized carbons (Fsp3) is 0.455. The zero-order valence-electron chi connectivity index (χ0n) is 11.4. The maximum absolute atomic E-state index is 12.1. The third-order valence-corrected chi connectivity index (χ3v) is 5.40. The predicted octanol–water partition coefficient (Wildman–Crippen LogP) is -0.0541. The predicted molar refractivity (Wildman–Crippen MR) is 78.6 cm³/mol. The van der Waals surface area contributed by atoms with E-state index in [1.165, 1.54) is 13.1 Å². The summed E-state index contributed by atoms with van der Waals surface area (Å²) >= 11 is 0. The monoisotopic (exact) mass is 321 g/mol. The fourth-order valence-electron chi connectivity index (χ4n) is 1.53. The van der Waals surface area contributed by atoms with Gasteiger partial charge in [-0.3, -0.25) is 0 Å². The minimum Gasteiger partial charge on any atom is -0.384 e. The Kier molecular flexibility index (Phi) is 5.93. The van der Waals surface area contributed by atoms with Crippen molar-refractivity contribution in [2.75, 3.05) is 31.2 Å². The fourth-order valence-corrected chi connectivity index (χ4v) is 3.45. The van der Waals surface area contributed by atoms with Gasteiger partial charge in [0.15, 0.2) is 0 Å². The van der Waals surface area contributed by atoms with Gasteiger partial charge in [0, 0.05) is 13.1 Å². The standard InChI is InChI=1S/C11H19N3O4S2/c1-3-13-10-6-4-5-7-11(10)20(17,18)14-8-9-19(15,16)12-2/h4-7,12-14H,3,8-9H2,1-2H3. The Morgan fingerprint density at radius 3 is 2.35 bits per heavy atom. The molecule has 1 rings (SSSR count). The second kappa shape index (κ2) is 7.02. The molecule has 114 valence electrons. The van der Waals surface area contributed by atoms with Gasteiger partial charge < -0.3 is 5.32 Å². The molecule has 1 aromatic rings. The summed E-state index contributed by atoms with van der Waals surface area (Å²) in [5.41, 5.74) is 0.485. The van der Waals surface area contributed by atoms with Crippen LogP contribution in [-0.2, 0) is 20.0 Å². The van der Waals surface area contributed by atoms with Crippen molar-refractivity contribution in [1.82, 2.24) is 9.44 Å². The summed E-state index contributed by atoms with van der Waals surface area (Å²) in [5, 5.41) is 2.95. The number of sulfonamides is 2. The van der Waals surface area contributed by atoms with Crippen molar-refractivity contribution in [2.45, 2.75) is 11.8 Å². The van der Waals surface area contributed by atoms with Gasteiger partial charge in [-0.15, -0.1) is 0 Å². The highest BCUT2D eigenvalue weighted by Gasteiger charge is 2.18. The molecule has 0 amide bonds. The molecular weight excluding hydrogens is 302 g/mol. The van der Waals surface area contributed by atoms with Crippen LogP contribution in [0.1, 0.15) is 6.92 Å². The van der Waals surface area contributed by atoms with Crippen LogP contribution in [0.25, 0.3) is 0 Å². The van der Waals surface area contributed by atoms with Gasteiger partial charge in [-0.05, 0) is 26.1 Å². The largest absolute Gasteiger partial charge is 0.384 e. The Bertz CT molecular complexity index is 641. The molecule has 0 aromatic heterocycles. The lowest BCUT2D eigenvalue weighted by atomic mass is 10.3. The van der Waals surface area contributed by atoms with Crippen LogP contribution >= 0.6 is 0 Å². The zero-order chi connectivity index (χ0) is 15.2. The van der Waals surface area contributed by atoms with Gasteiger partial charge >= 0.3 is 0 Å². The van der Waals surface area contributed by atoms with E-state index in [4.69, 9.17) is 0 Å². The van der Waals surface area contributed by atoms with Crippen LogP contribution in [0.4, 0.5) is 5.69 Å². The molecule has 0 saturated heterocycles. The average Bonchev–Trinajstić information content (AvgIpc) is 2.39. The summed E-state index contributed by atoms with van der Waals surface area (Å²) < 4.78 is 51.1. The first kappa shape index (κ1) is 16.9. The average molecular weight is 321 g/mol. The third-order valence-electron chi connectivity index (χ3n) is 2.52. The molecule has 7 nitrogen and oxygen atoms in total. The first-order chi connectivity index (χ1) is 9.32. The maximum Gasteiger partial charge on any atom is 0.242 e. The number of benzene rings is 1. The van der Waals surface area contributed by atoms with E-state index in [0.29, 0.717) is 12.2 Å². The van der Waals surface area contributed by atoms with Gasteiger partial charge in [-0.25, -0.2) is 26.3 Å². The van der Waals surface area contributed by atoms with Gasteiger partial charge in [0.2, 0.25) is 20.0 Å². The van der Waals surface area contributed by atoms with Crippen molar-refractivity contribution >= 4 is 25.7 Å². The second-order valence-electron chi connectivity index (χ2n) is 3.95. The van der Waals surface area contributed by atoms with E-state index in [2.05, 4.69) is 14.8 Å². The molecular formula is C11H19N3O4S2. The smallest absolute Gasteiger partial charge is 0.242 e. The molecule has 20 heavy (non-hydrogen) atoms. The van der Waals surface area contributed by atoms with Gasteiger partial charge in [0.05, 0.1) is 11.4 Å². The highest BCUT2D eigenvalue weighted by atomic mass is 32.2. The van der Waals surface area contributed by atoms with Crippen molar-refractivity contribution in [3.05, 3.63) is 24.3 Å². The Labute approximate surface area is 119 Å². The van der Waals surface area contributed by atoms with Crippen LogP contribution in [0.2, 0.25) is 0 Å². The summed E-state index contributed by atoms with van der Waals surface area (Å²) in [5.74, 6) is -0.313. The van der Waals surface area contributed by atoms with Crippen molar-refractivity contribution in [3.8, 4) is 0 Å². The van der Waals surface area contributed by atoms with E-state index >= 15 is 0 Å². The minimum absolute atomic E-state index is 0.101. The third kappa shape index (κ3) is 4.75. The lowest BCUT2D eigenvalue weighted by molar-refractivity contribution is 0.579. The van der Waals surface area contributed by atoms with Crippen molar-refractivity contribution in [1.29, 1.82) is 0 Å². The molecule has 0 spiro atoms. The van der Waals surface area contributed by atoms with Gasteiger partial charge in [0.25, 0.3) is 0 Å². The van der Waals surface area contributed by atoms with E-state index in [-0.39, 0.29) is 17.2 Å². The van der Waals surface area contributed by atoms with Crippen molar-refractivity contribution in [2.24, 2.45) is 0 Å². The van der Waals surface area contributed by atoms with Crippen LogP contribution in [0.15, 0.2) is 29.2 Å². The lowest BCUT2D eigenvalue weighted by Gasteiger charge is -2.12. The Morgan fingerprint density at radius 1 is 1.10 bits per heavy atom. The first-order valence-corrected chi connectivity index (χ1v) is 9.19. The molecule has 0 bridgehead atoms. The normalized spacial score (nSPS) is 12.3. The van der Waals surface area contributed by atoms with E-state index in [0.717, 1.165) is 0 Å². The summed E-state index contributed by atoms with van der Waals surface area (Å²) in [6.07, 6.45) is 0. The highest BCUT2D eigenvalue weighted by molar-refractivity contribution is 7.90. The Hall–Kier alpha value is -1.16. The molecule has 0 atom stereocenters. The second-order valence-corrected chi connectivity index (χ2v) is 7.73. The molecule has 0 saturated carbocycles. The first-order valence-electron chi connectivity index (χ1n) is 6.06. The van der Waals surface area contributed by atoms with Crippen LogP contribution in [0, 0.1) is 0 Å². The number of anilines is 1. The van der Waals surface area contributed by atoms with Gasteiger partial charge in [0.1, 0.15) is 4.90 Å². The maximum atomic E-state index is 12.1. The van der Waals surface area contributed by atoms with E-state index < -0.39 is 20.0 Å². The summed E-state index contributed by atoms with van der Waals surface area (Å²) in [4.78, 5) is 0.101. The van der Waals surface area contributed by atoms with Crippen molar-refractivity contribution < 1.29 is 16.8 Å². The molecule has 1 aromatic carbocycles. The number of nitrogens with one attached hydrogen (secondary N) is 3.